The number of hydrogen-bond donors (Lipinski definition) is 2. The molecule has 56 valence electrons. The molecule has 2 atom stereocenters. The van der Waals surface area contributed by atoms with Crippen LogP contribution in [0.15, 0.2) is 12.2 Å². The second-order valence-corrected chi connectivity index (χ2v) is 2.51. The lowest BCUT2D eigenvalue weighted by Crippen LogP contribution is -1.98. The minimum Gasteiger partial charge on any atom is -0.481 e. The molecule has 3 heteroatoms. The fourth-order valence-electron chi connectivity index (χ4n) is 0.965. The number of carboxylic acid groups (broad SMARTS) is 1. The van der Waals surface area contributed by atoms with E-state index in [0.717, 1.165) is 6.42 Å². The van der Waals surface area contributed by atoms with Crippen LogP contribution in [0.3, 0.4) is 0 Å². The van der Waals surface area contributed by atoms with E-state index in [1.54, 1.807) is 0 Å². The summed E-state index contributed by atoms with van der Waals surface area (Å²) in [5.74, 6) is -0.574. The van der Waals surface area contributed by atoms with Crippen LogP contribution in [0, 0.1) is 11.8 Å². The van der Waals surface area contributed by atoms with Gasteiger partial charge in [0.15, 0.2) is 0 Å². The molecule has 1 aliphatic carbocycles. The van der Waals surface area contributed by atoms with Crippen LogP contribution in [0.1, 0.15) is 6.42 Å². The van der Waals surface area contributed by atoms with Gasteiger partial charge in [-0.05, 0) is 12.3 Å². The Bertz CT molecular complexity index is 165. The lowest BCUT2D eigenvalue weighted by atomic mass is 10.3. The van der Waals surface area contributed by atoms with Gasteiger partial charge < -0.3 is 10.8 Å². The quantitative estimate of drug-likeness (QED) is 0.553. The SMILES string of the molecule is NC/C=C/[C@@H]1C[C@@H]1C(=O)O. The lowest BCUT2D eigenvalue weighted by Gasteiger charge is -1.84. The van der Waals surface area contributed by atoms with E-state index in [1.807, 2.05) is 12.2 Å². The smallest absolute Gasteiger partial charge is 0.307 e. The van der Waals surface area contributed by atoms with Crippen molar-refractivity contribution in [2.75, 3.05) is 6.54 Å². The Labute approximate surface area is 59.5 Å². The van der Waals surface area contributed by atoms with E-state index in [1.165, 1.54) is 0 Å². The van der Waals surface area contributed by atoms with Gasteiger partial charge in [-0.1, -0.05) is 12.2 Å². The Hall–Kier alpha value is -0.830. The summed E-state index contributed by atoms with van der Waals surface area (Å²) in [6.45, 7) is 0.503. The van der Waals surface area contributed by atoms with E-state index < -0.39 is 5.97 Å². The van der Waals surface area contributed by atoms with Crippen LogP contribution >= 0.6 is 0 Å². The maximum absolute atomic E-state index is 10.3. The molecule has 0 aromatic heterocycles. The van der Waals surface area contributed by atoms with Gasteiger partial charge in [-0.3, -0.25) is 4.79 Å². The molecule has 0 saturated heterocycles. The third-order valence-corrected chi connectivity index (χ3v) is 1.68. The van der Waals surface area contributed by atoms with Crippen LogP contribution in [0.4, 0.5) is 0 Å². The predicted octanol–water partition coefficient (Wildman–Crippen LogP) is 0.222. The Balaban J connectivity index is 2.25. The van der Waals surface area contributed by atoms with E-state index in [-0.39, 0.29) is 11.8 Å². The zero-order valence-corrected chi connectivity index (χ0v) is 5.66. The first kappa shape index (κ1) is 7.28. The minimum atomic E-state index is -0.688. The molecule has 1 aliphatic rings. The molecule has 0 unspecified atom stereocenters. The monoisotopic (exact) mass is 141 g/mol. The first-order valence-electron chi connectivity index (χ1n) is 3.35. The van der Waals surface area contributed by atoms with E-state index in [9.17, 15) is 4.79 Å². The van der Waals surface area contributed by atoms with Crippen LogP contribution in [0.2, 0.25) is 0 Å². The van der Waals surface area contributed by atoms with Crippen LogP contribution in [-0.4, -0.2) is 17.6 Å². The van der Waals surface area contributed by atoms with Crippen molar-refractivity contribution >= 4 is 5.97 Å². The van der Waals surface area contributed by atoms with Crippen molar-refractivity contribution in [2.24, 2.45) is 17.6 Å². The van der Waals surface area contributed by atoms with Gasteiger partial charge >= 0.3 is 5.97 Å². The van der Waals surface area contributed by atoms with Gasteiger partial charge in [-0.15, -0.1) is 0 Å². The molecule has 0 amide bonds. The fourth-order valence-corrected chi connectivity index (χ4v) is 0.965. The maximum Gasteiger partial charge on any atom is 0.307 e. The molecule has 0 aromatic carbocycles. The molecule has 1 fully saturated rings. The first-order chi connectivity index (χ1) is 4.75. The molecule has 0 aliphatic heterocycles. The topological polar surface area (TPSA) is 63.3 Å². The molecule has 3 nitrogen and oxygen atoms in total. The predicted molar refractivity (Wildman–Crippen MR) is 37.4 cm³/mol. The highest BCUT2D eigenvalue weighted by atomic mass is 16.4. The van der Waals surface area contributed by atoms with Crippen LogP contribution < -0.4 is 5.73 Å². The molecule has 0 spiro atoms. The minimum absolute atomic E-state index is 0.136. The van der Waals surface area contributed by atoms with Crippen molar-refractivity contribution in [3.05, 3.63) is 12.2 Å². The second-order valence-electron chi connectivity index (χ2n) is 2.51. The zero-order valence-electron chi connectivity index (χ0n) is 5.66. The number of rotatable bonds is 3. The molecule has 0 bridgehead atoms. The molecule has 0 heterocycles. The molecular formula is C7H11NO2. The zero-order chi connectivity index (χ0) is 7.56. The summed E-state index contributed by atoms with van der Waals surface area (Å²) in [5, 5.41) is 8.46. The molecule has 0 radical (unpaired) electrons. The van der Waals surface area contributed by atoms with Crippen molar-refractivity contribution in [2.45, 2.75) is 6.42 Å². The van der Waals surface area contributed by atoms with Crippen LogP contribution in [0.25, 0.3) is 0 Å². The number of nitrogens with two attached hydrogens (primary N) is 1. The highest BCUT2D eigenvalue weighted by Gasteiger charge is 2.40. The van der Waals surface area contributed by atoms with Crippen molar-refractivity contribution < 1.29 is 9.90 Å². The molecular weight excluding hydrogens is 130 g/mol. The van der Waals surface area contributed by atoms with Gasteiger partial charge in [-0.25, -0.2) is 0 Å². The van der Waals surface area contributed by atoms with Gasteiger partial charge in [0, 0.05) is 6.54 Å². The normalized spacial score (nSPS) is 30.9. The molecule has 1 rings (SSSR count). The van der Waals surface area contributed by atoms with Crippen LogP contribution in [-0.2, 0) is 4.79 Å². The van der Waals surface area contributed by atoms with Crippen LogP contribution in [0.5, 0.6) is 0 Å². The van der Waals surface area contributed by atoms with E-state index in [4.69, 9.17) is 10.8 Å². The summed E-state index contributed by atoms with van der Waals surface area (Å²) >= 11 is 0. The highest BCUT2D eigenvalue weighted by Crippen LogP contribution is 2.39. The summed E-state index contributed by atoms with van der Waals surface area (Å²) in [5.41, 5.74) is 5.19. The van der Waals surface area contributed by atoms with Crippen molar-refractivity contribution in [1.82, 2.24) is 0 Å². The Morgan fingerprint density at radius 2 is 2.50 bits per heavy atom. The van der Waals surface area contributed by atoms with E-state index in [2.05, 4.69) is 0 Å². The number of carboxylic acids is 1. The summed E-state index contributed by atoms with van der Waals surface area (Å²) in [6, 6.07) is 0. The summed E-state index contributed by atoms with van der Waals surface area (Å²) < 4.78 is 0. The van der Waals surface area contributed by atoms with Gasteiger partial charge in [0.2, 0.25) is 0 Å². The fraction of sp³-hybridized carbons (Fsp3) is 0.571. The number of allylic oxidation sites excluding steroid dienone is 1. The average Bonchev–Trinajstić information content (AvgIpc) is 2.62. The second kappa shape index (κ2) is 2.84. The Kier molecular flexibility index (Phi) is 2.06. The van der Waals surface area contributed by atoms with E-state index >= 15 is 0 Å². The third-order valence-electron chi connectivity index (χ3n) is 1.68. The van der Waals surface area contributed by atoms with E-state index in [0.29, 0.717) is 6.54 Å². The maximum atomic E-state index is 10.3. The number of carbonyl (C=O) groups is 1. The molecule has 10 heavy (non-hydrogen) atoms. The van der Waals surface area contributed by atoms with Gasteiger partial charge in [-0.2, -0.15) is 0 Å². The molecule has 1 saturated carbocycles. The Morgan fingerprint density at radius 1 is 1.80 bits per heavy atom. The number of hydrogen-bond acceptors (Lipinski definition) is 2. The largest absolute Gasteiger partial charge is 0.481 e. The van der Waals surface area contributed by atoms with Crippen molar-refractivity contribution in [3.63, 3.8) is 0 Å². The lowest BCUT2D eigenvalue weighted by molar-refractivity contribution is -0.138. The number of aliphatic carboxylic acids is 1. The first-order valence-corrected chi connectivity index (χ1v) is 3.35. The molecule has 0 aromatic rings. The highest BCUT2D eigenvalue weighted by molar-refractivity contribution is 5.73. The van der Waals surface area contributed by atoms with Gasteiger partial charge in [0.1, 0.15) is 0 Å². The van der Waals surface area contributed by atoms with Crippen molar-refractivity contribution in [1.29, 1.82) is 0 Å². The third kappa shape index (κ3) is 1.57. The average molecular weight is 141 g/mol. The van der Waals surface area contributed by atoms with Gasteiger partial charge in [0.05, 0.1) is 5.92 Å². The van der Waals surface area contributed by atoms with Gasteiger partial charge in [0.25, 0.3) is 0 Å². The molecule has 3 N–H and O–H groups in total. The summed E-state index contributed by atoms with van der Waals surface area (Å²) in [6.07, 6.45) is 4.48. The summed E-state index contributed by atoms with van der Waals surface area (Å²) in [4.78, 5) is 10.3. The summed E-state index contributed by atoms with van der Waals surface area (Å²) in [7, 11) is 0. The van der Waals surface area contributed by atoms with Crippen molar-refractivity contribution in [3.8, 4) is 0 Å². The standard InChI is InChI=1S/C7H11NO2/c8-3-1-2-5-4-6(5)7(9)10/h1-2,5-6H,3-4,8H2,(H,9,10)/b2-1+/t5-,6+/m1/s1. The Morgan fingerprint density at radius 3 is 2.90 bits per heavy atom.